The number of aliphatic carboxylic acids is 1. The van der Waals surface area contributed by atoms with Crippen LogP contribution in [0.4, 0.5) is 0 Å². The van der Waals surface area contributed by atoms with E-state index in [-0.39, 0.29) is 11.8 Å². The zero-order valence-corrected chi connectivity index (χ0v) is 10.3. The number of carboxylic acids is 1. The van der Waals surface area contributed by atoms with Gasteiger partial charge in [0.05, 0.1) is 5.41 Å². The molecule has 0 spiro atoms. The van der Waals surface area contributed by atoms with Crippen LogP contribution in [-0.2, 0) is 9.59 Å². The first kappa shape index (κ1) is 13.9. The van der Waals surface area contributed by atoms with Crippen LogP contribution in [0, 0.1) is 11.3 Å². The molecule has 0 aliphatic carbocycles. The van der Waals surface area contributed by atoms with Gasteiger partial charge >= 0.3 is 5.97 Å². The number of hydrogen-bond donors (Lipinski definition) is 2. The quantitative estimate of drug-likeness (QED) is 0.749. The van der Waals surface area contributed by atoms with Gasteiger partial charge in [-0.15, -0.1) is 0 Å². The first-order valence-corrected chi connectivity index (χ1v) is 5.08. The Hall–Kier alpha value is -1.06. The van der Waals surface area contributed by atoms with E-state index in [1.807, 2.05) is 0 Å². The molecule has 2 N–H and O–H groups in total. The molecule has 1 amide bonds. The molecule has 0 aromatic heterocycles. The minimum Gasteiger partial charge on any atom is -0.481 e. The Labute approximate surface area is 91.1 Å². The van der Waals surface area contributed by atoms with Crippen molar-refractivity contribution in [2.75, 3.05) is 0 Å². The van der Waals surface area contributed by atoms with Gasteiger partial charge in [0, 0.05) is 11.5 Å². The van der Waals surface area contributed by atoms with Gasteiger partial charge in [-0.1, -0.05) is 13.8 Å². The van der Waals surface area contributed by atoms with Crippen molar-refractivity contribution in [3.05, 3.63) is 0 Å². The monoisotopic (exact) mass is 215 g/mol. The molecule has 0 fully saturated rings. The highest BCUT2D eigenvalue weighted by molar-refractivity contribution is 5.81. The summed E-state index contributed by atoms with van der Waals surface area (Å²) in [6.07, 6.45) is 0. The number of nitrogens with one attached hydrogen (secondary N) is 1. The van der Waals surface area contributed by atoms with Gasteiger partial charge in [0.15, 0.2) is 0 Å². The molecule has 0 aliphatic heterocycles. The number of hydrogen-bond acceptors (Lipinski definition) is 2. The molecule has 0 aliphatic rings. The summed E-state index contributed by atoms with van der Waals surface area (Å²) in [6.45, 7) is 10.2. The SMILES string of the molecule is CC(C)C(=O)NC(C)(C)C(C)(C)C(=O)O. The van der Waals surface area contributed by atoms with Gasteiger partial charge in [0.1, 0.15) is 0 Å². The van der Waals surface area contributed by atoms with Crippen LogP contribution in [0.25, 0.3) is 0 Å². The van der Waals surface area contributed by atoms with E-state index in [1.165, 1.54) is 0 Å². The lowest BCUT2D eigenvalue weighted by atomic mass is 9.74. The van der Waals surface area contributed by atoms with Crippen molar-refractivity contribution in [2.24, 2.45) is 11.3 Å². The van der Waals surface area contributed by atoms with Crippen molar-refractivity contribution in [3.63, 3.8) is 0 Å². The maximum absolute atomic E-state index is 11.5. The maximum Gasteiger partial charge on any atom is 0.311 e. The van der Waals surface area contributed by atoms with E-state index in [4.69, 9.17) is 5.11 Å². The topological polar surface area (TPSA) is 66.4 Å². The zero-order chi connectivity index (χ0) is 12.4. The van der Waals surface area contributed by atoms with Crippen LogP contribution in [0.5, 0.6) is 0 Å². The molecule has 0 atom stereocenters. The molecule has 0 saturated heterocycles. The predicted octanol–water partition coefficient (Wildman–Crippen LogP) is 1.65. The molecule has 0 unspecified atom stereocenters. The molecule has 0 rings (SSSR count). The molecular formula is C11H21NO3. The Morgan fingerprint density at radius 3 is 1.80 bits per heavy atom. The second-order valence-electron chi connectivity index (χ2n) is 5.20. The van der Waals surface area contributed by atoms with Gasteiger partial charge in [-0.3, -0.25) is 9.59 Å². The number of carboxylic acid groups (broad SMARTS) is 1. The summed E-state index contributed by atoms with van der Waals surface area (Å²) in [5, 5.41) is 11.8. The average molecular weight is 215 g/mol. The third-order valence-electron chi connectivity index (χ3n) is 3.06. The molecule has 4 heteroatoms. The lowest BCUT2D eigenvalue weighted by Gasteiger charge is -2.39. The highest BCUT2D eigenvalue weighted by Crippen LogP contribution is 2.30. The van der Waals surface area contributed by atoms with Gasteiger partial charge < -0.3 is 10.4 Å². The third kappa shape index (κ3) is 2.94. The molecule has 88 valence electrons. The summed E-state index contributed by atoms with van der Waals surface area (Å²) in [5.74, 6) is -1.19. The second-order valence-corrected chi connectivity index (χ2v) is 5.20. The lowest BCUT2D eigenvalue weighted by molar-refractivity contribution is -0.152. The van der Waals surface area contributed by atoms with Gasteiger partial charge in [-0.25, -0.2) is 0 Å². The van der Waals surface area contributed by atoms with E-state index in [1.54, 1.807) is 41.5 Å². The summed E-state index contributed by atoms with van der Waals surface area (Å²) in [5.41, 5.74) is -1.78. The molecular weight excluding hydrogens is 194 g/mol. The largest absolute Gasteiger partial charge is 0.481 e. The standard InChI is InChI=1S/C11H21NO3/c1-7(2)8(13)12-11(5,6)10(3,4)9(14)15/h7H,1-6H3,(H,12,13)(H,14,15). The normalized spacial score (nSPS) is 12.7. The van der Waals surface area contributed by atoms with Crippen molar-refractivity contribution in [1.82, 2.24) is 5.32 Å². The Morgan fingerprint density at radius 2 is 1.53 bits per heavy atom. The second kappa shape index (κ2) is 4.21. The highest BCUT2D eigenvalue weighted by Gasteiger charge is 2.44. The van der Waals surface area contributed by atoms with Gasteiger partial charge in [-0.2, -0.15) is 0 Å². The van der Waals surface area contributed by atoms with Crippen molar-refractivity contribution < 1.29 is 14.7 Å². The lowest BCUT2D eigenvalue weighted by Crippen LogP contribution is -2.57. The molecule has 0 aromatic carbocycles. The third-order valence-corrected chi connectivity index (χ3v) is 3.06. The van der Waals surface area contributed by atoms with E-state index in [0.717, 1.165) is 0 Å². The fourth-order valence-corrected chi connectivity index (χ4v) is 0.876. The molecule has 0 heterocycles. The van der Waals surface area contributed by atoms with Crippen molar-refractivity contribution in [2.45, 2.75) is 47.1 Å². The molecule has 4 nitrogen and oxygen atoms in total. The highest BCUT2D eigenvalue weighted by atomic mass is 16.4. The van der Waals surface area contributed by atoms with Crippen LogP contribution in [0.3, 0.4) is 0 Å². The molecule has 0 aromatic rings. The van der Waals surface area contributed by atoms with Crippen LogP contribution < -0.4 is 5.32 Å². The number of amides is 1. The first-order chi connectivity index (χ1) is 6.52. The molecule has 0 bridgehead atoms. The van der Waals surface area contributed by atoms with Gasteiger partial charge in [-0.05, 0) is 27.7 Å². The summed E-state index contributed by atoms with van der Waals surface area (Å²) < 4.78 is 0. The zero-order valence-electron chi connectivity index (χ0n) is 10.3. The van der Waals surface area contributed by atoms with Crippen LogP contribution >= 0.6 is 0 Å². The fourth-order valence-electron chi connectivity index (χ4n) is 0.876. The number of carbonyl (C=O) groups is 2. The average Bonchev–Trinajstić information content (AvgIpc) is 2.02. The van der Waals surface area contributed by atoms with Crippen LogP contribution in [-0.4, -0.2) is 22.5 Å². The molecule has 0 radical (unpaired) electrons. The number of carbonyl (C=O) groups excluding carboxylic acids is 1. The van der Waals surface area contributed by atoms with Gasteiger partial charge in [0.2, 0.25) is 5.91 Å². The van der Waals surface area contributed by atoms with Crippen LogP contribution in [0.15, 0.2) is 0 Å². The van der Waals surface area contributed by atoms with Crippen LogP contribution in [0.2, 0.25) is 0 Å². The van der Waals surface area contributed by atoms with E-state index in [9.17, 15) is 9.59 Å². The smallest absolute Gasteiger partial charge is 0.311 e. The Balaban J connectivity index is 4.83. The van der Waals surface area contributed by atoms with Gasteiger partial charge in [0.25, 0.3) is 0 Å². The summed E-state index contributed by atoms with van der Waals surface area (Å²) in [7, 11) is 0. The van der Waals surface area contributed by atoms with E-state index < -0.39 is 16.9 Å². The van der Waals surface area contributed by atoms with Crippen molar-refractivity contribution in [3.8, 4) is 0 Å². The van der Waals surface area contributed by atoms with E-state index in [0.29, 0.717) is 0 Å². The van der Waals surface area contributed by atoms with E-state index >= 15 is 0 Å². The molecule has 15 heavy (non-hydrogen) atoms. The van der Waals surface area contributed by atoms with Crippen molar-refractivity contribution in [1.29, 1.82) is 0 Å². The summed E-state index contributed by atoms with van der Waals surface area (Å²) in [4.78, 5) is 22.6. The fraction of sp³-hybridized carbons (Fsp3) is 0.818. The predicted molar refractivity (Wildman–Crippen MR) is 58.5 cm³/mol. The maximum atomic E-state index is 11.5. The minimum absolute atomic E-state index is 0.130. The summed E-state index contributed by atoms with van der Waals surface area (Å²) >= 11 is 0. The first-order valence-electron chi connectivity index (χ1n) is 5.08. The van der Waals surface area contributed by atoms with Crippen molar-refractivity contribution >= 4 is 11.9 Å². The number of rotatable bonds is 4. The molecule has 0 saturated carbocycles. The van der Waals surface area contributed by atoms with E-state index in [2.05, 4.69) is 5.32 Å². The van der Waals surface area contributed by atoms with Crippen LogP contribution in [0.1, 0.15) is 41.5 Å². The Morgan fingerprint density at radius 1 is 1.13 bits per heavy atom. The Kier molecular flexibility index (Phi) is 3.91. The Bertz CT molecular complexity index is 267. The minimum atomic E-state index is -1.00. The summed E-state index contributed by atoms with van der Waals surface area (Å²) in [6, 6.07) is 0.